The van der Waals surface area contributed by atoms with Gasteiger partial charge in [0, 0.05) is 5.56 Å². The molecule has 3 heteroatoms. The highest BCUT2D eigenvalue weighted by Crippen LogP contribution is 2.61. The fourth-order valence-corrected chi connectivity index (χ4v) is 4.28. The molecule has 3 rings (SSSR count). The summed E-state index contributed by atoms with van der Waals surface area (Å²) in [7, 11) is 1.76. The molecule has 2 aliphatic rings. The van der Waals surface area contributed by atoms with Crippen molar-refractivity contribution in [3.63, 3.8) is 0 Å². The first-order valence-electron chi connectivity index (χ1n) is 7.79. The summed E-state index contributed by atoms with van der Waals surface area (Å²) in [6.45, 7) is 4.26. The maximum Gasteiger partial charge on any atom is 0.126 e. The van der Waals surface area contributed by atoms with E-state index in [1.54, 1.807) is 7.11 Å². The van der Waals surface area contributed by atoms with E-state index >= 15 is 0 Å². The number of rotatable bonds is 4. The Morgan fingerprint density at radius 2 is 1.85 bits per heavy atom. The van der Waals surface area contributed by atoms with Crippen LogP contribution in [0, 0.1) is 31.6 Å². The average molecular weight is 274 g/mol. The molecule has 0 aromatic heterocycles. The predicted molar refractivity (Wildman–Crippen MR) is 81.5 cm³/mol. The Balaban J connectivity index is 1.92. The van der Waals surface area contributed by atoms with Crippen molar-refractivity contribution < 1.29 is 4.74 Å². The minimum atomic E-state index is 0.234. The second-order valence-electron chi connectivity index (χ2n) is 6.46. The Morgan fingerprint density at radius 1 is 1.20 bits per heavy atom. The van der Waals surface area contributed by atoms with E-state index in [4.69, 9.17) is 10.6 Å². The zero-order chi connectivity index (χ0) is 14.3. The molecule has 0 amide bonds. The van der Waals surface area contributed by atoms with Gasteiger partial charge in [-0.25, -0.2) is 0 Å². The van der Waals surface area contributed by atoms with Gasteiger partial charge in [0.05, 0.1) is 13.2 Å². The highest BCUT2D eigenvalue weighted by atomic mass is 16.5. The van der Waals surface area contributed by atoms with E-state index < -0.39 is 0 Å². The largest absolute Gasteiger partial charge is 0.496 e. The minimum Gasteiger partial charge on any atom is -0.496 e. The lowest BCUT2D eigenvalue weighted by atomic mass is 9.95. The summed E-state index contributed by atoms with van der Waals surface area (Å²) in [5.74, 6) is 9.35. The Labute approximate surface area is 121 Å². The Kier molecular flexibility index (Phi) is 3.74. The van der Waals surface area contributed by atoms with Crippen LogP contribution >= 0.6 is 0 Å². The molecule has 3 N–H and O–H groups in total. The molecular weight excluding hydrogens is 248 g/mol. The standard InChI is InChI=1S/C17H26N2O/c1-10-8-9-14(17(20-3)11(10)2)16(19-18)15-12-6-4-5-7-13(12)15/h8-9,12-13,15-16,19H,4-7,18H2,1-3H3. The summed E-state index contributed by atoms with van der Waals surface area (Å²) in [5.41, 5.74) is 6.82. The summed E-state index contributed by atoms with van der Waals surface area (Å²) in [6.07, 6.45) is 5.53. The fraction of sp³-hybridized carbons (Fsp3) is 0.647. The van der Waals surface area contributed by atoms with Crippen LogP contribution in [0.3, 0.4) is 0 Å². The molecule has 0 spiro atoms. The summed E-state index contributed by atoms with van der Waals surface area (Å²) < 4.78 is 5.68. The number of benzene rings is 1. The molecule has 2 aliphatic carbocycles. The molecule has 0 heterocycles. The van der Waals surface area contributed by atoms with Crippen molar-refractivity contribution in [3.05, 3.63) is 28.8 Å². The number of hydrazine groups is 1. The van der Waals surface area contributed by atoms with Crippen molar-refractivity contribution in [1.82, 2.24) is 5.43 Å². The number of methoxy groups -OCH3 is 1. The maximum absolute atomic E-state index is 5.91. The Bertz CT molecular complexity index is 488. The third kappa shape index (κ3) is 2.13. The van der Waals surface area contributed by atoms with Gasteiger partial charge in [-0.05, 0) is 55.6 Å². The number of nitrogens with two attached hydrogens (primary N) is 1. The van der Waals surface area contributed by atoms with Crippen molar-refractivity contribution in [3.8, 4) is 5.75 Å². The van der Waals surface area contributed by atoms with Crippen molar-refractivity contribution in [2.24, 2.45) is 23.6 Å². The molecule has 2 saturated carbocycles. The predicted octanol–water partition coefficient (Wildman–Crippen LogP) is 3.25. The number of aryl methyl sites for hydroxylation is 1. The van der Waals surface area contributed by atoms with Crippen LogP contribution in [0.25, 0.3) is 0 Å². The van der Waals surface area contributed by atoms with Gasteiger partial charge in [0.15, 0.2) is 0 Å². The molecule has 2 fully saturated rings. The second-order valence-corrected chi connectivity index (χ2v) is 6.46. The van der Waals surface area contributed by atoms with Gasteiger partial charge in [-0.1, -0.05) is 25.0 Å². The van der Waals surface area contributed by atoms with E-state index in [1.165, 1.54) is 42.4 Å². The molecule has 0 aliphatic heterocycles. The monoisotopic (exact) mass is 274 g/mol. The van der Waals surface area contributed by atoms with Crippen LogP contribution in [-0.4, -0.2) is 7.11 Å². The van der Waals surface area contributed by atoms with Gasteiger partial charge in [0.2, 0.25) is 0 Å². The van der Waals surface area contributed by atoms with Crippen molar-refractivity contribution in [2.45, 2.75) is 45.6 Å². The zero-order valence-corrected chi connectivity index (χ0v) is 12.8. The molecule has 3 unspecified atom stereocenters. The van der Waals surface area contributed by atoms with E-state index in [1.807, 2.05) is 0 Å². The van der Waals surface area contributed by atoms with Crippen molar-refractivity contribution >= 4 is 0 Å². The highest BCUT2D eigenvalue weighted by Gasteiger charge is 2.54. The van der Waals surface area contributed by atoms with Gasteiger partial charge in [0.1, 0.15) is 5.75 Å². The number of nitrogens with one attached hydrogen (secondary N) is 1. The minimum absolute atomic E-state index is 0.234. The molecule has 3 nitrogen and oxygen atoms in total. The topological polar surface area (TPSA) is 47.3 Å². The molecule has 1 aromatic rings. The summed E-state index contributed by atoms with van der Waals surface area (Å²) in [5, 5.41) is 0. The fourth-order valence-electron chi connectivity index (χ4n) is 4.28. The van der Waals surface area contributed by atoms with E-state index in [2.05, 4.69) is 31.4 Å². The normalized spacial score (nSPS) is 29.7. The summed E-state index contributed by atoms with van der Waals surface area (Å²) in [6, 6.07) is 4.61. The molecular formula is C17H26N2O. The van der Waals surface area contributed by atoms with Crippen LogP contribution in [0.15, 0.2) is 12.1 Å². The van der Waals surface area contributed by atoms with Crippen molar-refractivity contribution in [2.75, 3.05) is 7.11 Å². The SMILES string of the molecule is COc1c(C(NN)C2C3CCCCC32)ccc(C)c1C. The van der Waals surface area contributed by atoms with Gasteiger partial charge < -0.3 is 4.74 Å². The first-order valence-corrected chi connectivity index (χ1v) is 7.79. The first kappa shape index (κ1) is 13.9. The van der Waals surface area contributed by atoms with Gasteiger partial charge in [-0.3, -0.25) is 11.3 Å². The molecule has 1 aromatic carbocycles. The van der Waals surface area contributed by atoms with Crippen LogP contribution in [0.1, 0.15) is 48.4 Å². The average Bonchev–Trinajstić information content (AvgIpc) is 3.18. The van der Waals surface area contributed by atoms with Crippen molar-refractivity contribution in [1.29, 1.82) is 0 Å². The number of hydrogen-bond donors (Lipinski definition) is 2. The molecule has 0 bridgehead atoms. The second kappa shape index (κ2) is 5.38. The summed E-state index contributed by atoms with van der Waals surface area (Å²) in [4.78, 5) is 0. The molecule has 0 radical (unpaired) electrons. The van der Waals surface area contributed by atoms with E-state index in [-0.39, 0.29) is 6.04 Å². The van der Waals surface area contributed by atoms with Gasteiger partial charge in [0.25, 0.3) is 0 Å². The smallest absolute Gasteiger partial charge is 0.126 e. The lowest BCUT2D eigenvalue weighted by Gasteiger charge is -2.22. The van der Waals surface area contributed by atoms with Crippen LogP contribution < -0.4 is 16.0 Å². The van der Waals surface area contributed by atoms with Gasteiger partial charge in [-0.2, -0.15) is 0 Å². The lowest BCUT2D eigenvalue weighted by molar-refractivity contribution is 0.382. The van der Waals surface area contributed by atoms with E-state index in [0.29, 0.717) is 5.92 Å². The Morgan fingerprint density at radius 3 is 2.40 bits per heavy atom. The van der Waals surface area contributed by atoms with Crippen LogP contribution in [0.2, 0.25) is 0 Å². The quantitative estimate of drug-likeness (QED) is 0.654. The van der Waals surface area contributed by atoms with Crippen LogP contribution in [0.5, 0.6) is 5.75 Å². The highest BCUT2D eigenvalue weighted by molar-refractivity contribution is 5.47. The van der Waals surface area contributed by atoms with Gasteiger partial charge in [-0.15, -0.1) is 0 Å². The molecule has 3 atom stereocenters. The Hall–Kier alpha value is -1.06. The number of hydrogen-bond acceptors (Lipinski definition) is 3. The number of ether oxygens (including phenoxy) is 1. The van der Waals surface area contributed by atoms with Crippen LogP contribution in [0.4, 0.5) is 0 Å². The third-order valence-electron chi connectivity index (χ3n) is 5.53. The van der Waals surface area contributed by atoms with Gasteiger partial charge >= 0.3 is 0 Å². The van der Waals surface area contributed by atoms with E-state index in [0.717, 1.165) is 17.6 Å². The third-order valence-corrected chi connectivity index (χ3v) is 5.53. The van der Waals surface area contributed by atoms with Crippen LogP contribution in [-0.2, 0) is 0 Å². The number of fused-ring (bicyclic) bond motifs is 1. The maximum atomic E-state index is 5.91. The molecule has 20 heavy (non-hydrogen) atoms. The molecule has 110 valence electrons. The first-order chi connectivity index (χ1) is 9.69. The summed E-state index contributed by atoms with van der Waals surface area (Å²) >= 11 is 0. The zero-order valence-electron chi connectivity index (χ0n) is 12.8. The molecule has 0 saturated heterocycles. The lowest BCUT2D eigenvalue weighted by Crippen LogP contribution is -2.30. The van der Waals surface area contributed by atoms with E-state index in [9.17, 15) is 0 Å².